The number of hydrogen-bond donors (Lipinski definition) is 1. The predicted octanol–water partition coefficient (Wildman–Crippen LogP) is 6.23. The van der Waals surface area contributed by atoms with Gasteiger partial charge in [-0.15, -0.1) is 0 Å². The summed E-state index contributed by atoms with van der Waals surface area (Å²) in [5.41, 5.74) is 4.03. The number of para-hydroxylation sites is 1. The molecule has 0 aliphatic carbocycles. The molecule has 1 aromatic heterocycles. The minimum absolute atomic E-state index is 0.228. The van der Waals surface area contributed by atoms with E-state index in [0.717, 1.165) is 11.1 Å². The highest BCUT2D eigenvalue weighted by molar-refractivity contribution is 6.30. The van der Waals surface area contributed by atoms with E-state index in [1.54, 1.807) is 55.2 Å². The third kappa shape index (κ3) is 5.17. The van der Waals surface area contributed by atoms with Crippen molar-refractivity contribution in [3.05, 3.63) is 100 Å². The van der Waals surface area contributed by atoms with Crippen LogP contribution in [0.3, 0.4) is 0 Å². The fourth-order valence-corrected chi connectivity index (χ4v) is 4.19. The second-order valence-electron chi connectivity index (χ2n) is 8.02. The molecule has 0 atom stereocenters. The van der Waals surface area contributed by atoms with Crippen LogP contribution in [0.5, 0.6) is 11.5 Å². The van der Waals surface area contributed by atoms with Crippen LogP contribution in [0.2, 0.25) is 5.02 Å². The molecule has 0 radical (unpaired) electrons. The van der Waals surface area contributed by atoms with Gasteiger partial charge < -0.3 is 19.4 Å². The van der Waals surface area contributed by atoms with Crippen LogP contribution in [0.4, 0.5) is 4.39 Å². The molecule has 180 valence electrons. The summed E-state index contributed by atoms with van der Waals surface area (Å²) in [6, 6.07) is 21.2. The van der Waals surface area contributed by atoms with E-state index < -0.39 is 0 Å². The highest BCUT2D eigenvalue weighted by Gasteiger charge is 2.21. The van der Waals surface area contributed by atoms with Gasteiger partial charge in [-0.3, -0.25) is 4.79 Å². The van der Waals surface area contributed by atoms with Crippen LogP contribution in [0.15, 0.2) is 72.8 Å². The normalized spacial score (nSPS) is 10.8. The minimum Gasteiger partial charge on any atom is -0.493 e. The maximum absolute atomic E-state index is 14.8. The molecule has 4 rings (SSSR count). The summed E-state index contributed by atoms with van der Waals surface area (Å²) < 4.78 is 27.2. The Morgan fingerprint density at radius 1 is 0.971 bits per heavy atom. The lowest BCUT2D eigenvalue weighted by Gasteiger charge is -2.13. The summed E-state index contributed by atoms with van der Waals surface area (Å²) in [5, 5.41) is 3.58. The number of nitrogens with zero attached hydrogens (tertiary/aromatic N) is 1. The Morgan fingerprint density at radius 3 is 2.37 bits per heavy atom. The first-order chi connectivity index (χ1) is 16.9. The van der Waals surface area contributed by atoms with Gasteiger partial charge in [-0.25, -0.2) is 4.39 Å². The third-order valence-electron chi connectivity index (χ3n) is 5.87. The van der Waals surface area contributed by atoms with Gasteiger partial charge in [0.25, 0.3) is 5.91 Å². The number of carbonyl (C=O) groups is 1. The van der Waals surface area contributed by atoms with Crippen molar-refractivity contribution < 1.29 is 18.7 Å². The standard InChI is InChI=1S/C28H26ClFN2O3/c1-18-22(28(33)31-15-14-19-8-13-26(34-2)27(16-19)35-3)17-25(20-9-11-21(29)12-10-20)32(18)24-7-5-4-6-23(24)30/h4-13,16-17H,14-15H2,1-3H3,(H,31,33). The Balaban J connectivity index is 1.61. The van der Waals surface area contributed by atoms with Crippen LogP contribution < -0.4 is 14.8 Å². The summed E-state index contributed by atoms with van der Waals surface area (Å²) in [4.78, 5) is 13.2. The molecule has 0 aliphatic heterocycles. The van der Waals surface area contributed by atoms with Crippen LogP contribution in [0, 0.1) is 12.7 Å². The Morgan fingerprint density at radius 2 is 1.69 bits per heavy atom. The van der Waals surface area contributed by atoms with Gasteiger partial charge in [-0.1, -0.05) is 41.9 Å². The van der Waals surface area contributed by atoms with Crippen molar-refractivity contribution in [3.8, 4) is 28.4 Å². The van der Waals surface area contributed by atoms with E-state index >= 15 is 0 Å². The van der Waals surface area contributed by atoms with Crippen molar-refractivity contribution in [3.63, 3.8) is 0 Å². The Bertz CT molecular complexity index is 1350. The molecule has 1 amide bonds. The van der Waals surface area contributed by atoms with Gasteiger partial charge in [0.1, 0.15) is 5.82 Å². The average Bonchev–Trinajstić information content (AvgIpc) is 3.21. The highest BCUT2D eigenvalue weighted by atomic mass is 35.5. The number of nitrogens with one attached hydrogen (secondary N) is 1. The molecular formula is C28H26ClFN2O3. The molecular weight excluding hydrogens is 467 g/mol. The summed E-state index contributed by atoms with van der Waals surface area (Å²) in [6.45, 7) is 2.24. The van der Waals surface area contributed by atoms with Crippen molar-refractivity contribution in [2.24, 2.45) is 0 Å². The molecule has 5 nitrogen and oxygen atoms in total. The van der Waals surface area contributed by atoms with Crippen LogP contribution in [0.25, 0.3) is 16.9 Å². The lowest BCUT2D eigenvalue weighted by atomic mass is 10.1. The largest absolute Gasteiger partial charge is 0.493 e. The first kappa shape index (κ1) is 24.4. The zero-order valence-corrected chi connectivity index (χ0v) is 20.5. The maximum Gasteiger partial charge on any atom is 0.253 e. The smallest absolute Gasteiger partial charge is 0.253 e. The second kappa shape index (κ2) is 10.7. The summed E-state index contributed by atoms with van der Waals surface area (Å²) in [6.07, 6.45) is 0.614. The summed E-state index contributed by atoms with van der Waals surface area (Å²) in [7, 11) is 3.18. The SMILES string of the molecule is COc1ccc(CCNC(=O)c2cc(-c3ccc(Cl)cc3)n(-c3ccccc3F)c2C)cc1OC. The quantitative estimate of drug-likeness (QED) is 0.317. The lowest BCUT2D eigenvalue weighted by molar-refractivity contribution is 0.0953. The van der Waals surface area contributed by atoms with Crippen molar-refractivity contribution >= 4 is 17.5 Å². The van der Waals surface area contributed by atoms with E-state index in [-0.39, 0.29) is 11.7 Å². The van der Waals surface area contributed by atoms with E-state index in [1.807, 2.05) is 37.3 Å². The van der Waals surface area contributed by atoms with Crippen molar-refractivity contribution in [2.45, 2.75) is 13.3 Å². The molecule has 0 spiro atoms. The second-order valence-corrected chi connectivity index (χ2v) is 8.45. The Labute approximate surface area is 209 Å². The Hall–Kier alpha value is -3.77. The molecule has 35 heavy (non-hydrogen) atoms. The van der Waals surface area contributed by atoms with Gasteiger partial charge >= 0.3 is 0 Å². The fraction of sp³-hybridized carbons (Fsp3) is 0.179. The fourth-order valence-electron chi connectivity index (χ4n) is 4.07. The number of rotatable bonds is 8. The lowest BCUT2D eigenvalue weighted by Crippen LogP contribution is -2.26. The van der Waals surface area contributed by atoms with Gasteiger partial charge in [-0.05, 0) is 66.9 Å². The number of benzene rings is 3. The van der Waals surface area contributed by atoms with Crippen molar-refractivity contribution in [1.29, 1.82) is 0 Å². The molecule has 0 fully saturated rings. The van der Waals surface area contributed by atoms with E-state index in [0.29, 0.717) is 52.1 Å². The Kier molecular flexibility index (Phi) is 7.42. The maximum atomic E-state index is 14.8. The minimum atomic E-state index is -0.373. The van der Waals surface area contributed by atoms with Crippen molar-refractivity contribution in [1.82, 2.24) is 9.88 Å². The van der Waals surface area contributed by atoms with Crippen LogP contribution in [0.1, 0.15) is 21.6 Å². The number of halogens is 2. The van der Waals surface area contributed by atoms with E-state index in [1.165, 1.54) is 6.07 Å². The summed E-state index contributed by atoms with van der Waals surface area (Å²) >= 11 is 6.07. The zero-order chi connectivity index (χ0) is 24.9. The zero-order valence-electron chi connectivity index (χ0n) is 19.8. The molecule has 0 saturated carbocycles. The topological polar surface area (TPSA) is 52.5 Å². The molecule has 4 aromatic rings. The third-order valence-corrected chi connectivity index (χ3v) is 6.12. The highest BCUT2D eigenvalue weighted by Crippen LogP contribution is 2.31. The number of hydrogen-bond acceptors (Lipinski definition) is 3. The molecule has 0 bridgehead atoms. The monoisotopic (exact) mass is 492 g/mol. The number of methoxy groups -OCH3 is 2. The molecule has 1 heterocycles. The van der Waals surface area contributed by atoms with Gasteiger partial charge in [0, 0.05) is 17.3 Å². The first-order valence-electron chi connectivity index (χ1n) is 11.1. The van der Waals surface area contributed by atoms with Gasteiger partial charge in [-0.2, -0.15) is 0 Å². The molecule has 3 aromatic carbocycles. The summed E-state index contributed by atoms with van der Waals surface area (Å²) in [5.74, 6) is 0.692. The van der Waals surface area contributed by atoms with E-state index in [2.05, 4.69) is 5.32 Å². The van der Waals surface area contributed by atoms with Gasteiger partial charge in [0.15, 0.2) is 11.5 Å². The number of amides is 1. The first-order valence-corrected chi connectivity index (χ1v) is 11.5. The predicted molar refractivity (Wildman–Crippen MR) is 136 cm³/mol. The van der Waals surface area contributed by atoms with E-state index in [9.17, 15) is 9.18 Å². The molecule has 7 heteroatoms. The van der Waals surface area contributed by atoms with E-state index in [4.69, 9.17) is 21.1 Å². The van der Waals surface area contributed by atoms with Crippen LogP contribution in [-0.4, -0.2) is 31.2 Å². The molecule has 0 aliphatic rings. The molecule has 0 unspecified atom stereocenters. The molecule has 0 saturated heterocycles. The number of aromatic nitrogens is 1. The van der Waals surface area contributed by atoms with Crippen molar-refractivity contribution in [2.75, 3.05) is 20.8 Å². The molecule has 1 N–H and O–H groups in total. The van der Waals surface area contributed by atoms with Crippen LogP contribution in [-0.2, 0) is 6.42 Å². The van der Waals surface area contributed by atoms with Gasteiger partial charge in [0.05, 0.1) is 31.2 Å². The average molecular weight is 493 g/mol. The number of ether oxygens (including phenoxy) is 2. The number of carbonyl (C=O) groups excluding carboxylic acids is 1. The van der Waals surface area contributed by atoms with Gasteiger partial charge in [0.2, 0.25) is 0 Å². The van der Waals surface area contributed by atoms with Crippen LogP contribution >= 0.6 is 11.6 Å².